The normalized spacial score (nSPS) is 24.8. The topological polar surface area (TPSA) is 47.5 Å². The van der Waals surface area contributed by atoms with Crippen LogP contribution < -0.4 is 9.64 Å². The zero-order valence-electron chi connectivity index (χ0n) is 10.6. The molecule has 94 valence electrons. The number of hydrogen-bond donors (Lipinski definition) is 0. The predicted molar refractivity (Wildman–Crippen MR) is 65.4 cm³/mol. The van der Waals surface area contributed by atoms with Crippen LogP contribution in [0.3, 0.4) is 0 Å². The van der Waals surface area contributed by atoms with Gasteiger partial charge < -0.3 is 14.4 Å². The summed E-state index contributed by atoms with van der Waals surface area (Å²) in [5.41, 5.74) is 0. The van der Waals surface area contributed by atoms with Crippen molar-refractivity contribution < 1.29 is 9.47 Å². The molecule has 0 amide bonds. The molecule has 2 rings (SSSR count). The maximum atomic E-state index is 5.60. The second kappa shape index (κ2) is 5.31. The summed E-state index contributed by atoms with van der Waals surface area (Å²) in [6, 6.07) is 2.20. The fraction of sp³-hybridized carbons (Fsp3) is 0.667. The van der Waals surface area contributed by atoms with Crippen molar-refractivity contribution >= 4 is 5.82 Å². The Labute approximate surface area is 102 Å². The highest BCUT2D eigenvalue weighted by Gasteiger charge is 2.26. The van der Waals surface area contributed by atoms with Crippen LogP contribution in [0, 0.1) is 0 Å². The number of nitrogens with zero attached hydrogens (tertiary/aromatic N) is 3. The Morgan fingerprint density at radius 1 is 1.47 bits per heavy atom. The molecule has 2 heterocycles. The van der Waals surface area contributed by atoms with Crippen LogP contribution in [-0.2, 0) is 4.74 Å². The Kier molecular flexibility index (Phi) is 3.78. The molecular formula is C12H19N3O2. The fourth-order valence-electron chi connectivity index (χ4n) is 1.97. The molecule has 2 atom stereocenters. The number of ether oxygens (including phenoxy) is 2. The van der Waals surface area contributed by atoms with E-state index in [4.69, 9.17) is 9.47 Å². The van der Waals surface area contributed by atoms with Gasteiger partial charge in [0.1, 0.15) is 12.1 Å². The SMILES string of the molecule is CCOc1cc(N2CCOC(C)C2C)ncn1. The fourth-order valence-corrected chi connectivity index (χ4v) is 1.97. The van der Waals surface area contributed by atoms with Crippen molar-refractivity contribution in [2.24, 2.45) is 0 Å². The molecule has 0 aliphatic carbocycles. The average molecular weight is 237 g/mol. The largest absolute Gasteiger partial charge is 0.478 e. The monoisotopic (exact) mass is 237 g/mol. The molecule has 1 aromatic rings. The van der Waals surface area contributed by atoms with Crippen LogP contribution in [0.5, 0.6) is 5.88 Å². The molecule has 0 aromatic carbocycles. The molecule has 1 saturated heterocycles. The molecule has 5 nitrogen and oxygen atoms in total. The summed E-state index contributed by atoms with van der Waals surface area (Å²) in [6.45, 7) is 8.38. The van der Waals surface area contributed by atoms with Gasteiger partial charge in [-0.3, -0.25) is 0 Å². The van der Waals surface area contributed by atoms with Gasteiger partial charge >= 0.3 is 0 Å². The number of morpholine rings is 1. The highest BCUT2D eigenvalue weighted by molar-refractivity contribution is 5.42. The Balaban J connectivity index is 2.17. The third-order valence-electron chi connectivity index (χ3n) is 3.10. The molecular weight excluding hydrogens is 218 g/mol. The molecule has 0 spiro atoms. The quantitative estimate of drug-likeness (QED) is 0.797. The highest BCUT2D eigenvalue weighted by Crippen LogP contribution is 2.22. The van der Waals surface area contributed by atoms with Crippen LogP contribution in [-0.4, -0.2) is 41.9 Å². The van der Waals surface area contributed by atoms with E-state index >= 15 is 0 Å². The molecule has 1 fully saturated rings. The van der Waals surface area contributed by atoms with Crippen LogP contribution in [0.1, 0.15) is 20.8 Å². The standard InChI is InChI=1S/C12H19N3O2/c1-4-16-12-7-11(13-8-14-12)15-5-6-17-10(3)9(15)2/h7-10H,4-6H2,1-3H3. The highest BCUT2D eigenvalue weighted by atomic mass is 16.5. The zero-order valence-corrected chi connectivity index (χ0v) is 10.6. The van der Waals surface area contributed by atoms with E-state index in [1.807, 2.05) is 13.0 Å². The maximum Gasteiger partial charge on any atom is 0.218 e. The Bertz CT molecular complexity index is 373. The lowest BCUT2D eigenvalue weighted by Gasteiger charge is -2.38. The first kappa shape index (κ1) is 12.1. The average Bonchev–Trinajstić information content (AvgIpc) is 2.33. The van der Waals surface area contributed by atoms with Gasteiger partial charge in [-0.15, -0.1) is 0 Å². The first-order valence-electron chi connectivity index (χ1n) is 6.05. The predicted octanol–water partition coefficient (Wildman–Crippen LogP) is 1.49. The lowest BCUT2D eigenvalue weighted by Crippen LogP contribution is -2.49. The molecule has 17 heavy (non-hydrogen) atoms. The van der Waals surface area contributed by atoms with E-state index in [9.17, 15) is 0 Å². The van der Waals surface area contributed by atoms with Crippen LogP contribution in [0.4, 0.5) is 5.82 Å². The van der Waals surface area contributed by atoms with Gasteiger partial charge in [0.05, 0.1) is 25.4 Å². The third kappa shape index (κ3) is 2.66. The van der Waals surface area contributed by atoms with E-state index < -0.39 is 0 Å². The first-order valence-corrected chi connectivity index (χ1v) is 6.05. The number of aromatic nitrogens is 2. The lowest BCUT2D eigenvalue weighted by atomic mass is 10.1. The molecule has 2 unspecified atom stereocenters. The second-order valence-electron chi connectivity index (χ2n) is 4.16. The van der Waals surface area contributed by atoms with Gasteiger partial charge in [-0.05, 0) is 20.8 Å². The van der Waals surface area contributed by atoms with Crippen molar-refractivity contribution in [1.82, 2.24) is 9.97 Å². The van der Waals surface area contributed by atoms with Gasteiger partial charge in [0.2, 0.25) is 5.88 Å². The minimum Gasteiger partial charge on any atom is -0.478 e. The van der Waals surface area contributed by atoms with E-state index in [0.717, 1.165) is 19.0 Å². The van der Waals surface area contributed by atoms with Crippen LogP contribution in [0.25, 0.3) is 0 Å². The van der Waals surface area contributed by atoms with Crippen LogP contribution in [0.15, 0.2) is 12.4 Å². The summed E-state index contributed by atoms with van der Waals surface area (Å²) in [6.07, 6.45) is 1.77. The van der Waals surface area contributed by atoms with E-state index in [2.05, 4.69) is 28.7 Å². The Morgan fingerprint density at radius 3 is 3.06 bits per heavy atom. The Hall–Kier alpha value is -1.36. The molecule has 5 heteroatoms. The molecule has 0 bridgehead atoms. The summed E-state index contributed by atoms with van der Waals surface area (Å²) in [4.78, 5) is 10.6. The molecule has 1 aliphatic heterocycles. The molecule has 0 radical (unpaired) electrons. The molecule has 1 aromatic heterocycles. The van der Waals surface area contributed by atoms with Crippen molar-refractivity contribution in [3.05, 3.63) is 12.4 Å². The van der Waals surface area contributed by atoms with Gasteiger partial charge in [0.25, 0.3) is 0 Å². The summed E-state index contributed by atoms with van der Waals surface area (Å²) in [5.74, 6) is 1.54. The van der Waals surface area contributed by atoms with Crippen molar-refractivity contribution in [1.29, 1.82) is 0 Å². The lowest BCUT2D eigenvalue weighted by molar-refractivity contribution is 0.0281. The van der Waals surface area contributed by atoms with Crippen molar-refractivity contribution in [2.45, 2.75) is 32.9 Å². The van der Waals surface area contributed by atoms with Crippen LogP contribution >= 0.6 is 0 Å². The third-order valence-corrected chi connectivity index (χ3v) is 3.10. The van der Waals surface area contributed by atoms with Gasteiger partial charge in [0, 0.05) is 12.6 Å². The minimum absolute atomic E-state index is 0.217. The summed E-state index contributed by atoms with van der Waals surface area (Å²) < 4.78 is 11.0. The van der Waals surface area contributed by atoms with Crippen molar-refractivity contribution in [3.8, 4) is 5.88 Å². The smallest absolute Gasteiger partial charge is 0.218 e. The number of rotatable bonds is 3. The molecule has 0 N–H and O–H groups in total. The van der Waals surface area contributed by atoms with Crippen molar-refractivity contribution in [3.63, 3.8) is 0 Å². The second-order valence-corrected chi connectivity index (χ2v) is 4.16. The molecule has 0 saturated carbocycles. The summed E-state index contributed by atoms with van der Waals surface area (Å²) >= 11 is 0. The van der Waals surface area contributed by atoms with Crippen LogP contribution in [0.2, 0.25) is 0 Å². The summed E-state index contributed by atoms with van der Waals surface area (Å²) in [5, 5.41) is 0. The minimum atomic E-state index is 0.217. The zero-order chi connectivity index (χ0) is 12.3. The van der Waals surface area contributed by atoms with E-state index in [1.165, 1.54) is 0 Å². The Morgan fingerprint density at radius 2 is 2.29 bits per heavy atom. The summed E-state index contributed by atoms with van der Waals surface area (Å²) in [7, 11) is 0. The van der Waals surface area contributed by atoms with Gasteiger partial charge in [-0.2, -0.15) is 0 Å². The van der Waals surface area contributed by atoms with E-state index in [1.54, 1.807) is 6.33 Å². The number of anilines is 1. The number of hydrogen-bond acceptors (Lipinski definition) is 5. The van der Waals surface area contributed by atoms with Gasteiger partial charge in [-0.25, -0.2) is 9.97 Å². The van der Waals surface area contributed by atoms with E-state index in [0.29, 0.717) is 18.5 Å². The van der Waals surface area contributed by atoms with Gasteiger partial charge in [0.15, 0.2) is 0 Å². The first-order chi connectivity index (χ1) is 8.22. The maximum absolute atomic E-state index is 5.60. The van der Waals surface area contributed by atoms with E-state index in [-0.39, 0.29) is 6.10 Å². The molecule has 1 aliphatic rings. The van der Waals surface area contributed by atoms with Gasteiger partial charge in [-0.1, -0.05) is 0 Å². The van der Waals surface area contributed by atoms with Crippen molar-refractivity contribution in [2.75, 3.05) is 24.7 Å².